The Bertz CT molecular complexity index is 1330. The van der Waals surface area contributed by atoms with Gasteiger partial charge in [-0.1, -0.05) is 17.7 Å². The minimum Gasteiger partial charge on any atom is -0.487 e. The molecule has 0 radical (unpaired) electrons. The van der Waals surface area contributed by atoms with E-state index in [0.717, 1.165) is 0 Å². The summed E-state index contributed by atoms with van der Waals surface area (Å²) in [5.74, 6) is 0.683. The lowest BCUT2D eigenvalue weighted by atomic mass is 10.2. The van der Waals surface area contributed by atoms with E-state index in [0.29, 0.717) is 33.5 Å². The van der Waals surface area contributed by atoms with E-state index < -0.39 is 5.56 Å². The number of carbonyl (C=O) groups excluding carboxylic acids is 1. The molecule has 34 heavy (non-hydrogen) atoms. The number of nitrogens with one attached hydrogen (secondary N) is 2. The number of halogens is 1. The molecule has 174 valence electrons. The van der Waals surface area contributed by atoms with E-state index in [9.17, 15) is 9.59 Å². The van der Waals surface area contributed by atoms with Gasteiger partial charge in [0, 0.05) is 16.3 Å². The number of rotatable bonds is 8. The van der Waals surface area contributed by atoms with Gasteiger partial charge in [0.05, 0.1) is 30.8 Å². The number of hydrogen-bond acceptors (Lipinski definition) is 6. The summed E-state index contributed by atoms with van der Waals surface area (Å²) in [6.45, 7) is 3.99. The molecule has 2 heterocycles. The average Bonchev–Trinajstić information content (AvgIpc) is 3.34. The number of aromatic nitrogens is 2. The predicted octanol–water partition coefficient (Wildman–Crippen LogP) is 4.94. The van der Waals surface area contributed by atoms with Gasteiger partial charge in [0.1, 0.15) is 5.76 Å². The van der Waals surface area contributed by atoms with Crippen molar-refractivity contribution in [2.24, 2.45) is 0 Å². The molecule has 2 aromatic heterocycles. The molecule has 8 nitrogen and oxygen atoms in total. The molecule has 0 atom stereocenters. The van der Waals surface area contributed by atoms with Crippen LogP contribution >= 0.6 is 11.6 Å². The number of nitrogens with zero attached hydrogens (tertiary/aromatic N) is 2. The van der Waals surface area contributed by atoms with Crippen molar-refractivity contribution < 1.29 is 13.9 Å². The van der Waals surface area contributed by atoms with Crippen molar-refractivity contribution in [3.63, 3.8) is 0 Å². The van der Waals surface area contributed by atoms with Gasteiger partial charge in [-0.15, -0.1) is 0 Å². The molecule has 0 fully saturated rings. The third-order valence-electron chi connectivity index (χ3n) is 4.77. The molecule has 0 aliphatic carbocycles. The van der Waals surface area contributed by atoms with Gasteiger partial charge in [0.2, 0.25) is 0 Å². The summed E-state index contributed by atoms with van der Waals surface area (Å²) in [7, 11) is 0. The van der Waals surface area contributed by atoms with E-state index in [1.54, 1.807) is 66.9 Å². The van der Waals surface area contributed by atoms with E-state index in [-0.39, 0.29) is 24.2 Å². The molecular formula is C25H23ClN4O4. The Kier molecular flexibility index (Phi) is 6.98. The second-order valence-electron chi connectivity index (χ2n) is 7.71. The minimum absolute atomic E-state index is 0.174. The Morgan fingerprint density at radius 2 is 1.94 bits per heavy atom. The first-order chi connectivity index (χ1) is 16.4. The Balaban J connectivity index is 1.63. The number of furan rings is 1. The molecule has 4 rings (SSSR count). The molecule has 0 bridgehead atoms. The zero-order valence-corrected chi connectivity index (χ0v) is 19.4. The average molecular weight is 479 g/mol. The number of anilines is 2. The third-order valence-corrected chi connectivity index (χ3v) is 5.03. The number of carbonyl (C=O) groups is 1. The number of hydrogen-bond donors (Lipinski definition) is 2. The quantitative estimate of drug-likeness (QED) is 0.372. The lowest BCUT2D eigenvalue weighted by molar-refractivity contribution is 0.0948. The summed E-state index contributed by atoms with van der Waals surface area (Å²) in [6.07, 6.45) is 2.86. The van der Waals surface area contributed by atoms with Crippen LogP contribution in [0.2, 0.25) is 5.02 Å². The summed E-state index contributed by atoms with van der Waals surface area (Å²) in [5.41, 5.74) is 1.32. The Morgan fingerprint density at radius 1 is 1.15 bits per heavy atom. The van der Waals surface area contributed by atoms with Crippen LogP contribution in [0.25, 0.3) is 5.69 Å². The highest BCUT2D eigenvalue weighted by Gasteiger charge is 2.16. The summed E-state index contributed by atoms with van der Waals surface area (Å²) in [6, 6.07) is 17.1. The summed E-state index contributed by atoms with van der Waals surface area (Å²) < 4.78 is 12.3. The van der Waals surface area contributed by atoms with Gasteiger partial charge in [-0.05, 0) is 68.4 Å². The second-order valence-corrected chi connectivity index (χ2v) is 8.15. The lowest BCUT2D eigenvalue weighted by Crippen LogP contribution is -2.25. The molecule has 0 saturated heterocycles. The van der Waals surface area contributed by atoms with Crippen molar-refractivity contribution in [1.29, 1.82) is 0 Å². The first-order valence-electron chi connectivity index (χ1n) is 10.6. The van der Waals surface area contributed by atoms with Crippen LogP contribution in [0.1, 0.15) is 30.0 Å². The van der Waals surface area contributed by atoms with Crippen LogP contribution in [0.3, 0.4) is 0 Å². The van der Waals surface area contributed by atoms with Gasteiger partial charge in [-0.2, -0.15) is 9.78 Å². The van der Waals surface area contributed by atoms with Gasteiger partial charge >= 0.3 is 0 Å². The first-order valence-corrected chi connectivity index (χ1v) is 11.0. The molecule has 1 amide bonds. The summed E-state index contributed by atoms with van der Waals surface area (Å²) >= 11 is 5.97. The molecule has 0 aliphatic rings. The van der Waals surface area contributed by atoms with Crippen LogP contribution in [0.15, 0.2) is 82.3 Å². The second kappa shape index (κ2) is 10.3. The molecular weight excluding hydrogens is 456 g/mol. The molecule has 2 aromatic carbocycles. The molecule has 9 heteroatoms. The maximum atomic E-state index is 13.3. The van der Waals surface area contributed by atoms with Crippen LogP contribution in [0, 0.1) is 0 Å². The van der Waals surface area contributed by atoms with Crippen molar-refractivity contribution in [3.8, 4) is 11.4 Å². The van der Waals surface area contributed by atoms with Gasteiger partial charge in [0.15, 0.2) is 11.4 Å². The van der Waals surface area contributed by atoms with Crippen LogP contribution in [0.4, 0.5) is 11.4 Å². The minimum atomic E-state index is -0.409. The first kappa shape index (κ1) is 23.1. The summed E-state index contributed by atoms with van der Waals surface area (Å²) in [5, 5.41) is 10.7. The largest absolute Gasteiger partial charge is 0.487 e. The third kappa shape index (κ3) is 5.47. The van der Waals surface area contributed by atoms with E-state index in [4.69, 9.17) is 20.8 Å². The predicted molar refractivity (Wildman–Crippen MR) is 130 cm³/mol. The maximum Gasteiger partial charge on any atom is 0.299 e. The standard InChI is InChI=1S/C25H23ClN4O4/c1-16(2)34-22-15-28-30(20-10-8-18(26)9-11-20)25(32)23(22)29-19-6-3-5-17(13-19)24(31)27-14-21-7-4-12-33-21/h3-13,15-16,29H,14H2,1-2H3,(H,27,31). The van der Waals surface area contributed by atoms with Crippen molar-refractivity contribution >= 4 is 28.9 Å². The smallest absolute Gasteiger partial charge is 0.299 e. The SMILES string of the molecule is CC(C)Oc1cnn(-c2ccc(Cl)cc2)c(=O)c1Nc1cccc(C(=O)NCc2ccco2)c1. The van der Waals surface area contributed by atoms with Crippen LogP contribution in [-0.2, 0) is 6.54 Å². The van der Waals surface area contributed by atoms with E-state index in [2.05, 4.69) is 15.7 Å². The normalized spacial score (nSPS) is 10.8. The zero-order chi connectivity index (χ0) is 24.1. The van der Waals surface area contributed by atoms with Crippen LogP contribution < -0.4 is 20.9 Å². The Labute approximate surface area is 201 Å². The van der Waals surface area contributed by atoms with Crippen molar-refractivity contribution in [2.45, 2.75) is 26.5 Å². The number of benzene rings is 2. The lowest BCUT2D eigenvalue weighted by Gasteiger charge is -2.16. The van der Waals surface area contributed by atoms with Crippen molar-refractivity contribution in [3.05, 3.63) is 99.8 Å². The zero-order valence-electron chi connectivity index (χ0n) is 18.6. The molecule has 0 unspecified atom stereocenters. The highest BCUT2D eigenvalue weighted by molar-refractivity contribution is 6.30. The highest BCUT2D eigenvalue weighted by atomic mass is 35.5. The molecule has 2 N–H and O–H groups in total. The van der Waals surface area contributed by atoms with Gasteiger partial charge in [-0.25, -0.2) is 0 Å². The Morgan fingerprint density at radius 3 is 2.65 bits per heavy atom. The number of ether oxygens (including phenoxy) is 1. The van der Waals surface area contributed by atoms with Crippen LogP contribution in [-0.4, -0.2) is 21.8 Å². The highest BCUT2D eigenvalue weighted by Crippen LogP contribution is 2.25. The van der Waals surface area contributed by atoms with Crippen molar-refractivity contribution in [1.82, 2.24) is 15.1 Å². The van der Waals surface area contributed by atoms with E-state index >= 15 is 0 Å². The number of amides is 1. The monoisotopic (exact) mass is 478 g/mol. The molecule has 0 spiro atoms. The molecule has 4 aromatic rings. The van der Waals surface area contributed by atoms with Crippen LogP contribution in [0.5, 0.6) is 5.75 Å². The summed E-state index contributed by atoms with van der Waals surface area (Å²) in [4.78, 5) is 25.9. The molecule has 0 saturated carbocycles. The fraction of sp³-hybridized carbons (Fsp3) is 0.160. The van der Waals surface area contributed by atoms with Crippen molar-refractivity contribution in [2.75, 3.05) is 5.32 Å². The van der Waals surface area contributed by atoms with Gasteiger partial charge in [0.25, 0.3) is 11.5 Å². The Hall–Kier alpha value is -4.04. The fourth-order valence-electron chi connectivity index (χ4n) is 3.23. The molecule has 0 aliphatic heterocycles. The fourth-order valence-corrected chi connectivity index (χ4v) is 3.35. The van der Waals surface area contributed by atoms with Gasteiger partial charge < -0.3 is 19.8 Å². The maximum absolute atomic E-state index is 13.3. The van der Waals surface area contributed by atoms with Gasteiger partial charge in [-0.3, -0.25) is 9.59 Å². The van der Waals surface area contributed by atoms with E-state index in [1.807, 2.05) is 13.8 Å². The topological polar surface area (TPSA) is 98.4 Å². The van der Waals surface area contributed by atoms with E-state index in [1.165, 1.54) is 10.9 Å².